The predicted molar refractivity (Wildman–Crippen MR) is 91.3 cm³/mol. The van der Waals surface area contributed by atoms with Gasteiger partial charge in [0.2, 0.25) is 17.7 Å². The zero-order chi connectivity index (χ0) is 17.4. The van der Waals surface area contributed by atoms with Gasteiger partial charge in [0.25, 0.3) is 0 Å². The molecule has 1 aliphatic heterocycles. The van der Waals surface area contributed by atoms with E-state index in [9.17, 15) is 14.4 Å². The molecule has 6 nitrogen and oxygen atoms in total. The first-order valence-corrected chi connectivity index (χ1v) is 8.40. The number of nitrogens with zero attached hydrogens (tertiary/aromatic N) is 1. The molecule has 0 unspecified atom stereocenters. The van der Waals surface area contributed by atoms with E-state index in [4.69, 9.17) is 0 Å². The number of benzene rings is 1. The Balaban J connectivity index is 1.77. The minimum Gasteiger partial charge on any atom is -0.347 e. The molecule has 24 heavy (non-hydrogen) atoms. The Kier molecular flexibility index (Phi) is 6.78. The molecule has 0 aliphatic carbocycles. The molecule has 1 heterocycles. The highest BCUT2D eigenvalue weighted by atomic mass is 16.2. The zero-order valence-corrected chi connectivity index (χ0v) is 14.1. The van der Waals surface area contributed by atoms with Crippen molar-refractivity contribution in [1.29, 1.82) is 0 Å². The Hall–Kier alpha value is -2.37. The molecule has 1 atom stereocenters. The topological polar surface area (TPSA) is 78.5 Å². The van der Waals surface area contributed by atoms with Crippen LogP contribution in [-0.2, 0) is 14.4 Å². The van der Waals surface area contributed by atoms with Crippen molar-refractivity contribution in [2.45, 2.75) is 32.1 Å². The van der Waals surface area contributed by atoms with Gasteiger partial charge in [0.1, 0.15) is 0 Å². The smallest absolute Gasteiger partial charge is 0.241 e. The minimum atomic E-state index is -0.351. The van der Waals surface area contributed by atoms with E-state index in [0.29, 0.717) is 12.5 Å². The van der Waals surface area contributed by atoms with Gasteiger partial charge in [-0.1, -0.05) is 30.3 Å². The van der Waals surface area contributed by atoms with Crippen molar-refractivity contribution in [3.8, 4) is 0 Å². The average molecular weight is 331 g/mol. The quantitative estimate of drug-likeness (QED) is 0.846. The van der Waals surface area contributed by atoms with Crippen LogP contribution in [-0.4, -0.2) is 48.8 Å². The number of amides is 3. The van der Waals surface area contributed by atoms with Gasteiger partial charge >= 0.3 is 0 Å². The lowest BCUT2D eigenvalue weighted by molar-refractivity contribution is -0.132. The molecule has 1 aromatic rings. The lowest BCUT2D eigenvalue weighted by Crippen LogP contribution is -2.43. The second-order valence-electron chi connectivity index (χ2n) is 6.11. The van der Waals surface area contributed by atoms with Gasteiger partial charge in [-0.05, 0) is 30.7 Å². The van der Waals surface area contributed by atoms with Crippen LogP contribution >= 0.6 is 0 Å². The van der Waals surface area contributed by atoms with Crippen molar-refractivity contribution in [2.24, 2.45) is 0 Å². The SMILES string of the molecule is CC(=O)NCC(=O)NCC(=O)N1CCC[C@H](c2ccccc2)CC1. The number of likely N-dealkylation sites (tertiary alicyclic amines) is 1. The first-order chi connectivity index (χ1) is 11.6. The minimum absolute atomic E-state index is 0.0194. The molecule has 0 spiro atoms. The summed E-state index contributed by atoms with van der Waals surface area (Å²) in [6.45, 7) is 2.66. The monoisotopic (exact) mass is 331 g/mol. The largest absolute Gasteiger partial charge is 0.347 e. The molecule has 0 bridgehead atoms. The van der Waals surface area contributed by atoms with Crippen molar-refractivity contribution in [2.75, 3.05) is 26.2 Å². The number of hydrogen-bond donors (Lipinski definition) is 2. The first-order valence-electron chi connectivity index (χ1n) is 8.40. The fourth-order valence-corrected chi connectivity index (χ4v) is 2.96. The van der Waals surface area contributed by atoms with Crippen LogP contribution in [0.25, 0.3) is 0 Å². The molecule has 3 amide bonds. The van der Waals surface area contributed by atoms with E-state index in [-0.39, 0.29) is 30.8 Å². The van der Waals surface area contributed by atoms with Crippen molar-refractivity contribution >= 4 is 17.7 Å². The third-order valence-electron chi connectivity index (χ3n) is 4.29. The first kappa shape index (κ1) is 18.0. The van der Waals surface area contributed by atoms with E-state index < -0.39 is 0 Å². The van der Waals surface area contributed by atoms with Gasteiger partial charge in [0.15, 0.2) is 0 Å². The molecule has 2 N–H and O–H groups in total. The van der Waals surface area contributed by atoms with Gasteiger partial charge in [-0.15, -0.1) is 0 Å². The predicted octanol–water partition coefficient (Wildman–Crippen LogP) is 1.04. The highest BCUT2D eigenvalue weighted by Gasteiger charge is 2.21. The maximum atomic E-state index is 12.3. The van der Waals surface area contributed by atoms with Crippen LogP contribution < -0.4 is 10.6 Å². The van der Waals surface area contributed by atoms with E-state index >= 15 is 0 Å². The van der Waals surface area contributed by atoms with Crippen LogP contribution in [0.5, 0.6) is 0 Å². The molecular formula is C18H25N3O3. The zero-order valence-electron chi connectivity index (χ0n) is 14.1. The van der Waals surface area contributed by atoms with E-state index in [1.54, 1.807) is 0 Å². The fraction of sp³-hybridized carbons (Fsp3) is 0.500. The highest BCUT2D eigenvalue weighted by Crippen LogP contribution is 2.27. The fourth-order valence-electron chi connectivity index (χ4n) is 2.96. The van der Waals surface area contributed by atoms with E-state index in [0.717, 1.165) is 25.8 Å². The number of nitrogens with one attached hydrogen (secondary N) is 2. The average Bonchev–Trinajstić information content (AvgIpc) is 2.84. The van der Waals surface area contributed by atoms with Crippen LogP contribution in [0.3, 0.4) is 0 Å². The van der Waals surface area contributed by atoms with Crippen molar-refractivity contribution in [1.82, 2.24) is 15.5 Å². The third-order valence-corrected chi connectivity index (χ3v) is 4.29. The highest BCUT2D eigenvalue weighted by molar-refractivity contribution is 5.87. The summed E-state index contributed by atoms with van der Waals surface area (Å²) in [7, 11) is 0. The Morgan fingerprint density at radius 3 is 2.50 bits per heavy atom. The molecule has 1 aliphatic rings. The molecule has 1 aromatic carbocycles. The Bertz CT molecular complexity index is 574. The van der Waals surface area contributed by atoms with Crippen LogP contribution in [0.15, 0.2) is 30.3 Å². The summed E-state index contributed by atoms with van der Waals surface area (Å²) >= 11 is 0. The maximum Gasteiger partial charge on any atom is 0.241 e. The summed E-state index contributed by atoms with van der Waals surface area (Å²) in [5.41, 5.74) is 1.33. The van der Waals surface area contributed by atoms with Crippen LogP contribution in [0.2, 0.25) is 0 Å². The normalized spacial score (nSPS) is 17.7. The number of hydrogen-bond acceptors (Lipinski definition) is 3. The lowest BCUT2D eigenvalue weighted by atomic mass is 9.92. The van der Waals surface area contributed by atoms with Gasteiger partial charge in [-0.3, -0.25) is 14.4 Å². The van der Waals surface area contributed by atoms with Gasteiger partial charge in [-0.2, -0.15) is 0 Å². The number of carbonyl (C=O) groups excluding carboxylic acids is 3. The molecule has 6 heteroatoms. The van der Waals surface area contributed by atoms with Gasteiger partial charge in [-0.25, -0.2) is 0 Å². The molecule has 2 rings (SSSR count). The Morgan fingerprint density at radius 1 is 1.04 bits per heavy atom. The second kappa shape index (κ2) is 9.05. The Labute approximate surface area is 142 Å². The summed E-state index contributed by atoms with van der Waals surface area (Å²) in [4.78, 5) is 36.4. The lowest BCUT2D eigenvalue weighted by Gasteiger charge is -2.21. The van der Waals surface area contributed by atoms with Crippen LogP contribution in [0.1, 0.15) is 37.7 Å². The number of rotatable bonds is 5. The molecule has 0 aromatic heterocycles. The summed E-state index contributed by atoms with van der Waals surface area (Å²) in [5, 5.41) is 4.96. The van der Waals surface area contributed by atoms with Crippen LogP contribution in [0.4, 0.5) is 0 Å². The molecule has 0 radical (unpaired) electrons. The van der Waals surface area contributed by atoms with Crippen molar-refractivity contribution < 1.29 is 14.4 Å². The van der Waals surface area contributed by atoms with E-state index in [1.165, 1.54) is 12.5 Å². The van der Waals surface area contributed by atoms with Crippen molar-refractivity contribution in [3.05, 3.63) is 35.9 Å². The summed E-state index contributed by atoms with van der Waals surface area (Å²) in [6.07, 6.45) is 2.98. The molecular weight excluding hydrogens is 306 g/mol. The molecule has 0 saturated carbocycles. The maximum absolute atomic E-state index is 12.3. The van der Waals surface area contributed by atoms with Crippen molar-refractivity contribution in [3.63, 3.8) is 0 Å². The molecule has 1 fully saturated rings. The summed E-state index contributed by atoms with van der Waals surface area (Å²) in [6, 6.07) is 10.4. The molecule has 1 saturated heterocycles. The van der Waals surface area contributed by atoms with Crippen LogP contribution in [0, 0.1) is 0 Å². The third kappa shape index (κ3) is 5.68. The summed E-state index contributed by atoms with van der Waals surface area (Å²) < 4.78 is 0. The van der Waals surface area contributed by atoms with Gasteiger partial charge in [0.05, 0.1) is 13.1 Å². The molecule has 130 valence electrons. The Morgan fingerprint density at radius 2 is 1.79 bits per heavy atom. The standard InChI is InChI=1S/C18H25N3O3/c1-14(22)19-12-17(23)20-13-18(24)21-10-5-8-16(9-11-21)15-6-3-2-4-7-15/h2-4,6-7,16H,5,8-13H2,1H3,(H,19,22)(H,20,23)/t16-/m0/s1. The van der Waals surface area contributed by atoms with E-state index in [1.807, 2.05) is 23.1 Å². The van der Waals surface area contributed by atoms with Gasteiger partial charge < -0.3 is 15.5 Å². The number of carbonyl (C=O) groups is 3. The second-order valence-corrected chi connectivity index (χ2v) is 6.11. The van der Waals surface area contributed by atoms with Gasteiger partial charge in [0, 0.05) is 20.0 Å². The summed E-state index contributed by atoms with van der Waals surface area (Å²) in [5.74, 6) is -0.204. The van der Waals surface area contributed by atoms with E-state index in [2.05, 4.69) is 22.8 Å².